The Morgan fingerprint density at radius 1 is 1.20 bits per heavy atom. The minimum Gasteiger partial charge on any atom is -0.383 e. The summed E-state index contributed by atoms with van der Waals surface area (Å²) in [5.41, 5.74) is 9.42. The molecule has 0 spiro atoms. The molecule has 1 aliphatic rings. The van der Waals surface area contributed by atoms with Gasteiger partial charge in [-0.1, -0.05) is 13.3 Å². The van der Waals surface area contributed by atoms with Crippen molar-refractivity contribution in [3.05, 3.63) is 23.5 Å². The molecular weight excluding hydrogens is 250 g/mol. The molecule has 0 aromatic carbocycles. The van der Waals surface area contributed by atoms with E-state index < -0.39 is 0 Å². The van der Waals surface area contributed by atoms with Gasteiger partial charge in [-0.15, -0.1) is 0 Å². The van der Waals surface area contributed by atoms with Crippen molar-refractivity contribution >= 4 is 5.82 Å². The van der Waals surface area contributed by atoms with E-state index in [1.165, 1.54) is 19.3 Å². The molecule has 0 unspecified atom stereocenters. The second-order valence-electron chi connectivity index (χ2n) is 5.36. The molecule has 0 saturated carbocycles. The van der Waals surface area contributed by atoms with Crippen LogP contribution >= 0.6 is 0 Å². The third-order valence-electron chi connectivity index (χ3n) is 3.85. The maximum absolute atomic E-state index is 6.16. The Hall–Kier alpha value is -1.91. The Labute approximate surface area is 119 Å². The number of hydrogen-bond acceptors (Lipinski definition) is 4. The normalized spacial score (nSPS) is 14.8. The van der Waals surface area contributed by atoms with Crippen molar-refractivity contribution in [2.75, 3.05) is 5.73 Å². The third-order valence-corrected chi connectivity index (χ3v) is 3.85. The first-order valence-corrected chi connectivity index (χ1v) is 7.47. The standard InChI is InChI=1S/C15H21N5/c1-2-10-20-13(8-9-17-20)15-18-12-7-5-3-4-6-11(12)14(16)19-15/h8-9H,2-7,10H2,1H3,(H2,16,18,19). The number of hydrogen-bond donors (Lipinski definition) is 1. The highest BCUT2D eigenvalue weighted by Gasteiger charge is 2.17. The first-order chi connectivity index (χ1) is 9.79. The lowest BCUT2D eigenvalue weighted by molar-refractivity contribution is 0.606. The molecule has 0 atom stereocenters. The fourth-order valence-corrected chi connectivity index (χ4v) is 2.83. The van der Waals surface area contributed by atoms with Gasteiger partial charge in [-0.25, -0.2) is 9.97 Å². The van der Waals surface area contributed by atoms with Gasteiger partial charge in [0.15, 0.2) is 5.82 Å². The highest BCUT2D eigenvalue weighted by atomic mass is 15.3. The van der Waals surface area contributed by atoms with Crippen molar-refractivity contribution in [1.82, 2.24) is 19.7 Å². The highest BCUT2D eigenvalue weighted by Crippen LogP contribution is 2.26. The first kappa shape index (κ1) is 13.1. The molecule has 2 aromatic heterocycles. The molecule has 5 nitrogen and oxygen atoms in total. The average molecular weight is 271 g/mol. The fraction of sp³-hybridized carbons (Fsp3) is 0.533. The van der Waals surface area contributed by atoms with Crippen molar-refractivity contribution in [1.29, 1.82) is 0 Å². The molecule has 0 radical (unpaired) electrons. The number of nitrogen functional groups attached to an aromatic ring is 1. The molecule has 0 saturated heterocycles. The summed E-state index contributed by atoms with van der Waals surface area (Å²) in [4.78, 5) is 9.29. The summed E-state index contributed by atoms with van der Waals surface area (Å²) < 4.78 is 1.96. The van der Waals surface area contributed by atoms with Crippen LogP contribution in [0.15, 0.2) is 12.3 Å². The van der Waals surface area contributed by atoms with Crippen molar-refractivity contribution < 1.29 is 0 Å². The molecule has 2 aromatic rings. The monoisotopic (exact) mass is 271 g/mol. The summed E-state index contributed by atoms with van der Waals surface area (Å²) in [5, 5.41) is 4.34. The number of aromatic nitrogens is 4. The number of nitrogens with zero attached hydrogens (tertiary/aromatic N) is 4. The molecule has 1 aliphatic carbocycles. The van der Waals surface area contributed by atoms with E-state index in [4.69, 9.17) is 10.7 Å². The number of aryl methyl sites for hydroxylation is 2. The number of nitrogens with two attached hydrogens (primary N) is 1. The van der Waals surface area contributed by atoms with Crippen LogP contribution < -0.4 is 5.73 Å². The van der Waals surface area contributed by atoms with E-state index in [1.807, 2.05) is 10.7 Å². The molecule has 2 N–H and O–H groups in total. The topological polar surface area (TPSA) is 69.6 Å². The van der Waals surface area contributed by atoms with Gasteiger partial charge in [0.25, 0.3) is 0 Å². The number of rotatable bonds is 3. The first-order valence-electron chi connectivity index (χ1n) is 7.47. The van der Waals surface area contributed by atoms with E-state index in [-0.39, 0.29) is 0 Å². The zero-order valence-corrected chi connectivity index (χ0v) is 12.0. The lowest BCUT2D eigenvalue weighted by atomic mass is 10.1. The van der Waals surface area contributed by atoms with E-state index in [2.05, 4.69) is 17.0 Å². The molecule has 0 fully saturated rings. The smallest absolute Gasteiger partial charge is 0.180 e. The minimum atomic E-state index is 0.649. The Bertz CT molecular complexity index is 602. The van der Waals surface area contributed by atoms with E-state index in [0.717, 1.165) is 42.8 Å². The van der Waals surface area contributed by atoms with Crippen molar-refractivity contribution in [2.45, 2.75) is 52.0 Å². The Kier molecular flexibility index (Phi) is 3.67. The van der Waals surface area contributed by atoms with Crippen molar-refractivity contribution in [2.24, 2.45) is 0 Å². The van der Waals surface area contributed by atoms with Crippen molar-refractivity contribution in [3.63, 3.8) is 0 Å². The molecule has 106 valence electrons. The molecule has 0 bridgehead atoms. The SMILES string of the molecule is CCCn1nccc1-c1nc(N)c2c(n1)CCCCC2. The van der Waals surface area contributed by atoms with Crippen LogP contribution in [0.1, 0.15) is 43.9 Å². The molecule has 20 heavy (non-hydrogen) atoms. The van der Waals surface area contributed by atoms with Gasteiger partial charge in [-0.2, -0.15) is 5.10 Å². The van der Waals surface area contributed by atoms with Crippen LogP contribution in [-0.4, -0.2) is 19.7 Å². The zero-order chi connectivity index (χ0) is 13.9. The summed E-state index contributed by atoms with van der Waals surface area (Å²) in [7, 11) is 0. The summed E-state index contributed by atoms with van der Waals surface area (Å²) >= 11 is 0. The Balaban J connectivity index is 2.04. The van der Waals surface area contributed by atoms with Crippen LogP contribution in [0.25, 0.3) is 11.5 Å². The molecule has 5 heteroatoms. The third kappa shape index (κ3) is 2.40. The van der Waals surface area contributed by atoms with Gasteiger partial charge in [0, 0.05) is 24.0 Å². The molecule has 0 amide bonds. The lowest BCUT2D eigenvalue weighted by Gasteiger charge is -2.11. The lowest BCUT2D eigenvalue weighted by Crippen LogP contribution is -2.09. The van der Waals surface area contributed by atoms with E-state index in [0.29, 0.717) is 11.6 Å². The van der Waals surface area contributed by atoms with E-state index in [1.54, 1.807) is 6.20 Å². The van der Waals surface area contributed by atoms with Gasteiger partial charge in [0.1, 0.15) is 11.5 Å². The van der Waals surface area contributed by atoms with E-state index >= 15 is 0 Å². The summed E-state index contributed by atoms with van der Waals surface area (Å²) in [6.07, 6.45) is 8.49. The van der Waals surface area contributed by atoms with E-state index in [9.17, 15) is 0 Å². The summed E-state index contributed by atoms with van der Waals surface area (Å²) in [6, 6.07) is 1.97. The quantitative estimate of drug-likeness (QED) is 0.871. The van der Waals surface area contributed by atoms with Gasteiger partial charge in [-0.05, 0) is 38.2 Å². The number of anilines is 1. The van der Waals surface area contributed by atoms with Gasteiger partial charge < -0.3 is 5.73 Å². The van der Waals surface area contributed by atoms with Crippen LogP contribution in [0.3, 0.4) is 0 Å². The Morgan fingerprint density at radius 3 is 2.90 bits per heavy atom. The van der Waals surface area contributed by atoms with Crippen LogP contribution in [0, 0.1) is 0 Å². The summed E-state index contributed by atoms with van der Waals surface area (Å²) in [6.45, 7) is 3.01. The van der Waals surface area contributed by atoms with Gasteiger partial charge >= 0.3 is 0 Å². The van der Waals surface area contributed by atoms with Gasteiger partial charge in [0.05, 0.1) is 0 Å². The van der Waals surface area contributed by atoms with Crippen LogP contribution in [0.5, 0.6) is 0 Å². The maximum atomic E-state index is 6.16. The van der Waals surface area contributed by atoms with Crippen LogP contribution in [0.2, 0.25) is 0 Å². The predicted molar refractivity (Wildman–Crippen MR) is 79.2 cm³/mol. The van der Waals surface area contributed by atoms with Gasteiger partial charge in [0.2, 0.25) is 0 Å². The molecule has 2 heterocycles. The Morgan fingerprint density at radius 2 is 2.05 bits per heavy atom. The fourth-order valence-electron chi connectivity index (χ4n) is 2.83. The molecule has 0 aliphatic heterocycles. The second-order valence-corrected chi connectivity index (χ2v) is 5.36. The highest BCUT2D eigenvalue weighted by molar-refractivity contribution is 5.55. The number of fused-ring (bicyclic) bond motifs is 1. The molecular formula is C15H21N5. The van der Waals surface area contributed by atoms with Crippen molar-refractivity contribution in [3.8, 4) is 11.5 Å². The average Bonchev–Trinajstić information content (AvgIpc) is 2.76. The predicted octanol–water partition coefficient (Wildman–Crippen LogP) is 2.60. The minimum absolute atomic E-state index is 0.649. The van der Waals surface area contributed by atoms with Crippen LogP contribution in [-0.2, 0) is 19.4 Å². The maximum Gasteiger partial charge on any atom is 0.180 e. The van der Waals surface area contributed by atoms with Crippen LogP contribution in [0.4, 0.5) is 5.82 Å². The second kappa shape index (κ2) is 5.61. The zero-order valence-electron chi connectivity index (χ0n) is 12.0. The van der Waals surface area contributed by atoms with Gasteiger partial charge in [-0.3, -0.25) is 4.68 Å². The summed E-state index contributed by atoms with van der Waals surface area (Å²) in [5.74, 6) is 1.37. The molecule has 3 rings (SSSR count). The largest absolute Gasteiger partial charge is 0.383 e.